The molecule has 2 aromatic carbocycles. The van der Waals surface area contributed by atoms with E-state index >= 15 is 0 Å². The highest BCUT2D eigenvalue weighted by atomic mass is 32.2. The first-order valence-electron chi connectivity index (χ1n) is 9.45. The lowest BCUT2D eigenvalue weighted by Crippen LogP contribution is -2.29. The zero-order valence-corrected chi connectivity index (χ0v) is 17.5. The summed E-state index contributed by atoms with van der Waals surface area (Å²) in [4.78, 5) is 19.8. The number of hydrogen-bond acceptors (Lipinski definition) is 6. The minimum absolute atomic E-state index is 0.0333. The van der Waals surface area contributed by atoms with E-state index in [1.165, 1.54) is 18.9 Å². The summed E-state index contributed by atoms with van der Waals surface area (Å²) in [5.41, 5.74) is 1.48. The van der Waals surface area contributed by atoms with E-state index in [4.69, 9.17) is 9.47 Å². The van der Waals surface area contributed by atoms with Crippen LogP contribution in [0.15, 0.2) is 52.4 Å². The zero-order valence-electron chi connectivity index (χ0n) is 16.7. The molecule has 29 heavy (non-hydrogen) atoms. The van der Waals surface area contributed by atoms with Crippen molar-refractivity contribution in [1.82, 2.24) is 4.90 Å². The van der Waals surface area contributed by atoms with Gasteiger partial charge in [-0.1, -0.05) is 13.0 Å². The fraction of sp³-hybridized carbons (Fsp3) is 0.273. The highest BCUT2D eigenvalue weighted by Gasteiger charge is 2.32. The predicted molar refractivity (Wildman–Crippen MR) is 117 cm³/mol. The Hall–Kier alpha value is -2.93. The molecule has 0 aliphatic carbocycles. The average Bonchev–Trinajstić information content (AvgIpc) is 2.99. The first kappa shape index (κ1) is 20.8. The molecule has 0 radical (unpaired) electrons. The highest BCUT2D eigenvalue weighted by Crippen LogP contribution is 2.35. The van der Waals surface area contributed by atoms with E-state index in [0.29, 0.717) is 29.0 Å². The average molecular weight is 413 g/mol. The molecule has 0 aromatic heterocycles. The smallest absolute Gasteiger partial charge is 0.266 e. The Morgan fingerprint density at radius 1 is 1.17 bits per heavy atom. The minimum atomic E-state index is -0.0863. The van der Waals surface area contributed by atoms with Gasteiger partial charge in [-0.25, -0.2) is 4.99 Å². The molecule has 1 N–H and O–H groups in total. The Bertz CT molecular complexity index is 938. The van der Waals surface area contributed by atoms with Crippen molar-refractivity contribution in [2.75, 3.05) is 20.3 Å². The van der Waals surface area contributed by atoms with E-state index in [9.17, 15) is 9.90 Å². The van der Waals surface area contributed by atoms with Gasteiger partial charge in [0.25, 0.3) is 5.91 Å². The van der Waals surface area contributed by atoms with Gasteiger partial charge in [0.15, 0.2) is 16.7 Å². The monoisotopic (exact) mass is 412 g/mol. The van der Waals surface area contributed by atoms with Gasteiger partial charge in [-0.15, -0.1) is 0 Å². The lowest BCUT2D eigenvalue weighted by molar-refractivity contribution is -0.122. The molecule has 1 heterocycles. The number of carbonyl (C=O) groups excluding carboxylic acids is 1. The number of aliphatic imine (C=N–C) groups is 1. The standard InChI is InChI=1S/C22H24N2O4S/c1-4-12-24-21(26)20(14-15-6-11-19(27-3)18(25)13-15)29-22(24)23-16-7-9-17(10-8-16)28-5-2/h6-11,13-14,25H,4-5,12H2,1-3H3. The molecular weight excluding hydrogens is 388 g/mol. The van der Waals surface area contributed by atoms with Gasteiger partial charge in [-0.3, -0.25) is 9.69 Å². The van der Waals surface area contributed by atoms with Gasteiger partial charge in [0.1, 0.15) is 5.75 Å². The second kappa shape index (κ2) is 9.52. The van der Waals surface area contributed by atoms with Gasteiger partial charge in [0.2, 0.25) is 0 Å². The summed E-state index contributed by atoms with van der Waals surface area (Å²) in [7, 11) is 1.50. The van der Waals surface area contributed by atoms with E-state index in [2.05, 4.69) is 4.99 Å². The summed E-state index contributed by atoms with van der Waals surface area (Å²) in [5, 5.41) is 10.6. The van der Waals surface area contributed by atoms with E-state index in [-0.39, 0.29) is 11.7 Å². The summed E-state index contributed by atoms with van der Waals surface area (Å²) < 4.78 is 10.5. The van der Waals surface area contributed by atoms with Crippen LogP contribution in [0, 0.1) is 0 Å². The topological polar surface area (TPSA) is 71.4 Å². The van der Waals surface area contributed by atoms with Gasteiger partial charge in [0.05, 0.1) is 24.3 Å². The van der Waals surface area contributed by atoms with Gasteiger partial charge in [-0.05, 0) is 73.1 Å². The first-order chi connectivity index (χ1) is 14.0. The second-order valence-corrected chi connectivity index (χ2v) is 7.33. The Morgan fingerprint density at radius 3 is 2.55 bits per heavy atom. The van der Waals surface area contributed by atoms with Crippen LogP contribution < -0.4 is 9.47 Å². The van der Waals surface area contributed by atoms with Crippen LogP contribution in [0.1, 0.15) is 25.8 Å². The van der Waals surface area contributed by atoms with Crippen LogP contribution in [0.3, 0.4) is 0 Å². The van der Waals surface area contributed by atoms with Crippen molar-refractivity contribution >= 4 is 34.6 Å². The number of phenolic OH excluding ortho intramolecular Hbond substituents is 1. The molecule has 1 saturated heterocycles. The van der Waals surface area contributed by atoms with Crippen molar-refractivity contribution in [3.05, 3.63) is 52.9 Å². The predicted octanol–water partition coefficient (Wildman–Crippen LogP) is 4.81. The number of benzene rings is 2. The van der Waals surface area contributed by atoms with Crippen LogP contribution >= 0.6 is 11.8 Å². The fourth-order valence-electron chi connectivity index (χ4n) is 2.85. The quantitative estimate of drug-likeness (QED) is 0.661. The molecule has 152 valence electrons. The number of amidine groups is 1. The molecule has 7 heteroatoms. The summed E-state index contributed by atoms with van der Waals surface area (Å²) >= 11 is 1.33. The Balaban J connectivity index is 1.88. The largest absolute Gasteiger partial charge is 0.504 e. The maximum atomic E-state index is 12.9. The van der Waals surface area contributed by atoms with E-state index in [1.807, 2.05) is 38.1 Å². The van der Waals surface area contributed by atoms with Crippen LogP contribution in [0.4, 0.5) is 5.69 Å². The second-order valence-electron chi connectivity index (χ2n) is 6.32. The Labute approximate surface area is 174 Å². The zero-order chi connectivity index (χ0) is 20.8. The number of ether oxygens (including phenoxy) is 2. The van der Waals surface area contributed by atoms with Gasteiger partial charge < -0.3 is 14.6 Å². The van der Waals surface area contributed by atoms with Crippen molar-refractivity contribution in [1.29, 1.82) is 0 Å². The van der Waals surface area contributed by atoms with E-state index in [0.717, 1.165) is 23.4 Å². The molecule has 1 aliphatic heterocycles. The van der Waals surface area contributed by atoms with Gasteiger partial charge >= 0.3 is 0 Å². The number of thioether (sulfide) groups is 1. The number of carbonyl (C=O) groups is 1. The molecule has 1 fully saturated rings. The van der Waals surface area contributed by atoms with Crippen molar-refractivity contribution in [3.8, 4) is 17.2 Å². The molecule has 0 saturated carbocycles. The van der Waals surface area contributed by atoms with Gasteiger partial charge in [-0.2, -0.15) is 0 Å². The summed E-state index contributed by atoms with van der Waals surface area (Å²) in [6.07, 6.45) is 2.58. The van der Waals surface area contributed by atoms with Gasteiger partial charge in [0, 0.05) is 6.54 Å². The Kier molecular flexibility index (Phi) is 6.82. The van der Waals surface area contributed by atoms with Crippen LogP contribution in [0.5, 0.6) is 17.2 Å². The van der Waals surface area contributed by atoms with Crippen LogP contribution in [-0.2, 0) is 4.79 Å². The number of nitrogens with zero attached hydrogens (tertiary/aromatic N) is 2. The molecule has 3 rings (SSSR count). The molecule has 2 aromatic rings. The van der Waals surface area contributed by atoms with Crippen LogP contribution in [0.25, 0.3) is 6.08 Å². The first-order valence-corrected chi connectivity index (χ1v) is 10.3. The molecule has 0 bridgehead atoms. The summed E-state index contributed by atoms with van der Waals surface area (Å²) in [6.45, 7) is 5.16. The minimum Gasteiger partial charge on any atom is -0.504 e. The molecule has 0 unspecified atom stereocenters. The number of phenols is 1. The normalized spacial score (nSPS) is 16.7. The maximum absolute atomic E-state index is 12.9. The maximum Gasteiger partial charge on any atom is 0.266 e. The molecule has 0 atom stereocenters. The SMILES string of the molecule is CCCN1C(=O)C(=Cc2ccc(OC)c(O)c2)SC1=Nc1ccc(OCC)cc1. The molecule has 1 amide bonds. The van der Waals surface area contributed by atoms with Crippen molar-refractivity contribution in [3.63, 3.8) is 0 Å². The van der Waals surface area contributed by atoms with Crippen molar-refractivity contribution in [2.45, 2.75) is 20.3 Å². The third kappa shape index (κ3) is 4.92. The number of methoxy groups -OCH3 is 1. The number of amides is 1. The highest BCUT2D eigenvalue weighted by molar-refractivity contribution is 8.18. The lowest BCUT2D eigenvalue weighted by Gasteiger charge is -2.14. The molecule has 0 spiro atoms. The van der Waals surface area contributed by atoms with E-state index < -0.39 is 0 Å². The number of aromatic hydroxyl groups is 1. The molecule has 1 aliphatic rings. The summed E-state index contributed by atoms with van der Waals surface area (Å²) in [6, 6.07) is 12.5. The fourth-order valence-corrected chi connectivity index (χ4v) is 3.88. The van der Waals surface area contributed by atoms with E-state index in [1.54, 1.807) is 29.2 Å². The Morgan fingerprint density at radius 2 is 1.93 bits per heavy atom. The third-order valence-electron chi connectivity index (χ3n) is 4.21. The number of hydrogen-bond donors (Lipinski definition) is 1. The van der Waals surface area contributed by atoms with Crippen LogP contribution in [-0.4, -0.2) is 41.3 Å². The molecular formula is C22H24N2O4S. The van der Waals surface area contributed by atoms with Crippen molar-refractivity contribution in [2.24, 2.45) is 4.99 Å². The number of rotatable bonds is 7. The molecule has 6 nitrogen and oxygen atoms in total. The third-order valence-corrected chi connectivity index (χ3v) is 5.22. The summed E-state index contributed by atoms with van der Waals surface area (Å²) in [5.74, 6) is 1.13. The van der Waals surface area contributed by atoms with Crippen LogP contribution in [0.2, 0.25) is 0 Å². The lowest BCUT2D eigenvalue weighted by atomic mass is 10.2. The van der Waals surface area contributed by atoms with Crippen molar-refractivity contribution < 1.29 is 19.4 Å².